The van der Waals surface area contributed by atoms with Gasteiger partial charge >= 0.3 is 6.03 Å². The lowest BCUT2D eigenvalue weighted by Gasteiger charge is -2.20. The standard InChI is InChI=1S/C21H24N4O3/c1-14-8-4-6-10-17(14)24-21(27)22-15(2)19-23-18-11-7-5-9-16(18)20(26)25(19)12-13-28-3/h4-11,15H,12-13H2,1-3H3,(H2,22,24,27)/t15-/m0/s1. The van der Waals surface area contributed by atoms with E-state index in [9.17, 15) is 9.59 Å². The molecule has 0 fully saturated rings. The highest BCUT2D eigenvalue weighted by atomic mass is 16.5. The number of ether oxygens (including phenoxy) is 1. The quantitative estimate of drug-likeness (QED) is 0.687. The molecule has 0 radical (unpaired) electrons. The van der Waals surface area contributed by atoms with Gasteiger partial charge in [0.05, 0.1) is 30.1 Å². The summed E-state index contributed by atoms with van der Waals surface area (Å²) in [4.78, 5) is 30.0. The Morgan fingerprint density at radius 3 is 2.64 bits per heavy atom. The number of fused-ring (bicyclic) bond motifs is 1. The van der Waals surface area contributed by atoms with Crippen LogP contribution in [0.15, 0.2) is 53.3 Å². The van der Waals surface area contributed by atoms with Crippen LogP contribution in [0.2, 0.25) is 0 Å². The van der Waals surface area contributed by atoms with Crippen molar-refractivity contribution in [3.05, 3.63) is 70.3 Å². The highest BCUT2D eigenvalue weighted by Crippen LogP contribution is 2.16. The molecule has 0 aliphatic rings. The first kappa shape index (κ1) is 19.6. The first-order valence-corrected chi connectivity index (χ1v) is 9.13. The van der Waals surface area contributed by atoms with E-state index in [2.05, 4.69) is 15.6 Å². The molecule has 0 saturated carbocycles. The molecule has 2 N–H and O–H groups in total. The molecule has 7 heteroatoms. The molecule has 1 aromatic heterocycles. The molecule has 2 amide bonds. The average Bonchev–Trinajstić information content (AvgIpc) is 2.69. The molecular weight excluding hydrogens is 356 g/mol. The maximum atomic E-state index is 12.9. The predicted molar refractivity (Wildman–Crippen MR) is 110 cm³/mol. The van der Waals surface area contributed by atoms with Crippen LogP contribution in [0.5, 0.6) is 0 Å². The Labute approximate surface area is 163 Å². The van der Waals surface area contributed by atoms with Gasteiger partial charge in [0, 0.05) is 12.8 Å². The van der Waals surface area contributed by atoms with Gasteiger partial charge in [-0.3, -0.25) is 9.36 Å². The van der Waals surface area contributed by atoms with Crippen molar-refractivity contribution in [3.8, 4) is 0 Å². The van der Waals surface area contributed by atoms with Gasteiger partial charge < -0.3 is 15.4 Å². The molecule has 0 aliphatic carbocycles. The summed E-state index contributed by atoms with van der Waals surface area (Å²) in [7, 11) is 1.58. The SMILES string of the molecule is COCCn1c([C@H](C)NC(=O)Nc2ccccc2C)nc2ccccc2c1=O. The van der Waals surface area contributed by atoms with Crippen molar-refractivity contribution in [1.82, 2.24) is 14.9 Å². The van der Waals surface area contributed by atoms with Gasteiger partial charge in [0.2, 0.25) is 0 Å². The smallest absolute Gasteiger partial charge is 0.319 e. The molecule has 7 nitrogen and oxygen atoms in total. The van der Waals surface area contributed by atoms with Crippen LogP contribution in [-0.4, -0.2) is 29.3 Å². The first-order chi connectivity index (χ1) is 13.5. The van der Waals surface area contributed by atoms with Gasteiger partial charge in [-0.1, -0.05) is 30.3 Å². The van der Waals surface area contributed by atoms with Crippen LogP contribution in [0.1, 0.15) is 24.4 Å². The van der Waals surface area contributed by atoms with E-state index in [1.807, 2.05) is 43.3 Å². The number of rotatable bonds is 6. The summed E-state index contributed by atoms with van der Waals surface area (Å²) in [6.07, 6.45) is 0. The molecular formula is C21H24N4O3. The monoisotopic (exact) mass is 380 g/mol. The van der Waals surface area contributed by atoms with Crippen molar-refractivity contribution in [2.75, 3.05) is 19.0 Å². The summed E-state index contributed by atoms with van der Waals surface area (Å²) in [5, 5.41) is 6.24. The summed E-state index contributed by atoms with van der Waals surface area (Å²) in [5.74, 6) is 0.487. The van der Waals surface area contributed by atoms with Crippen molar-refractivity contribution < 1.29 is 9.53 Å². The number of urea groups is 1. The van der Waals surface area contributed by atoms with Crippen LogP contribution >= 0.6 is 0 Å². The molecule has 3 aromatic rings. The fraction of sp³-hybridized carbons (Fsp3) is 0.286. The number of methoxy groups -OCH3 is 1. The second-order valence-corrected chi connectivity index (χ2v) is 6.57. The Balaban J connectivity index is 1.89. The van der Waals surface area contributed by atoms with Crippen molar-refractivity contribution in [3.63, 3.8) is 0 Å². The molecule has 1 atom stereocenters. The molecule has 146 valence electrons. The van der Waals surface area contributed by atoms with Crippen molar-refractivity contribution in [2.45, 2.75) is 26.4 Å². The Kier molecular flexibility index (Phi) is 6.06. The number of aromatic nitrogens is 2. The highest BCUT2D eigenvalue weighted by molar-refractivity contribution is 5.90. The number of carbonyl (C=O) groups excluding carboxylic acids is 1. The molecule has 28 heavy (non-hydrogen) atoms. The molecule has 0 spiro atoms. The minimum absolute atomic E-state index is 0.148. The van der Waals surface area contributed by atoms with E-state index in [4.69, 9.17) is 4.74 Å². The Morgan fingerprint density at radius 2 is 1.89 bits per heavy atom. The Bertz CT molecular complexity index is 1050. The number of hydrogen-bond acceptors (Lipinski definition) is 4. The van der Waals surface area contributed by atoms with Crippen LogP contribution in [0.25, 0.3) is 10.9 Å². The molecule has 0 bridgehead atoms. The lowest BCUT2D eigenvalue weighted by Crippen LogP contribution is -2.36. The summed E-state index contributed by atoms with van der Waals surface area (Å²) >= 11 is 0. The van der Waals surface area contributed by atoms with E-state index in [-0.39, 0.29) is 11.6 Å². The normalized spacial score (nSPS) is 12.0. The number of nitrogens with zero attached hydrogens (tertiary/aromatic N) is 2. The van der Waals surface area contributed by atoms with Crippen LogP contribution in [0.3, 0.4) is 0 Å². The van der Waals surface area contributed by atoms with E-state index in [1.54, 1.807) is 30.7 Å². The van der Waals surface area contributed by atoms with Gasteiger partial charge in [-0.25, -0.2) is 9.78 Å². The number of anilines is 1. The molecule has 2 aromatic carbocycles. The highest BCUT2D eigenvalue weighted by Gasteiger charge is 2.18. The number of nitrogens with one attached hydrogen (secondary N) is 2. The lowest BCUT2D eigenvalue weighted by molar-refractivity contribution is 0.184. The fourth-order valence-corrected chi connectivity index (χ4v) is 3.05. The fourth-order valence-electron chi connectivity index (χ4n) is 3.05. The first-order valence-electron chi connectivity index (χ1n) is 9.13. The van der Waals surface area contributed by atoms with E-state index >= 15 is 0 Å². The zero-order valence-electron chi connectivity index (χ0n) is 16.2. The van der Waals surface area contributed by atoms with E-state index < -0.39 is 6.04 Å². The van der Waals surface area contributed by atoms with E-state index in [0.29, 0.717) is 29.9 Å². The number of para-hydroxylation sites is 2. The molecule has 1 heterocycles. The van der Waals surface area contributed by atoms with Gasteiger partial charge in [0.1, 0.15) is 5.82 Å². The number of hydrogen-bond donors (Lipinski definition) is 2. The third-order valence-corrected chi connectivity index (χ3v) is 4.54. The maximum Gasteiger partial charge on any atom is 0.319 e. The van der Waals surface area contributed by atoms with Gasteiger partial charge in [0.15, 0.2) is 0 Å². The zero-order chi connectivity index (χ0) is 20.1. The van der Waals surface area contributed by atoms with E-state index in [0.717, 1.165) is 11.3 Å². The number of carbonyl (C=O) groups is 1. The van der Waals surface area contributed by atoms with Crippen molar-refractivity contribution >= 4 is 22.6 Å². The third kappa shape index (κ3) is 4.20. The number of benzene rings is 2. The maximum absolute atomic E-state index is 12.9. The average molecular weight is 380 g/mol. The molecule has 0 unspecified atom stereocenters. The van der Waals surface area contributed by atoms with Crippen LogP contribution in [0.4, 0.5) is 10.5 Å². The van der Waals surface area contributed by atoms with Crippen LogP contribution < -0.4 is 16.2 Å². The van der Waals surface area contributed by atoms with Crippen LogP contribution in [-0.2, 0) is 11.3 Å². The Hall–Kier alpha value is -3.19. The minimum Gasteiger partial charge on any atom is -0.383 e. The second-order valence-electron chi connectivity index (χ2n) is 6.57. The third-order valence-electron chi connectivity index (χ3n) is 4.54. The number of amides is 2. The van der Waals surface area contributed by atoms with Crippen molar-refractivity contribution in [2.24, 2.45) is 0 Å². The predicted octanol–water partition coefficient (Wildman–Crippen LogP) is 3.23. The topological polar surface area (TPSA) is 85.2 Å². The minimum atomic E-state index is -0.474. The Morgan fingerprint density at radius 1 is 1.18 bits per heavy atom. The largest absolute Gasteiger partial charge is 0.383 e. The second kappa shape index (κ2) is 8.67. The lowest BCUT2D eigenvalue weighted by atomic mass is 10.2. The molecule has 3 rings (SSSR count). The molecule has 0 saturated heterocycles. The van der Waals surface area contributed by atoms with Crippen LogP contribution in [0, 0.1) is 6.92 Å². The number of aryl methyl sites for hydroxylation is 1. The summed E-state index contributed by atoms with van der Waals surface area (Å²) in [6, 6.07) is 13.9. The van der Waals surface area contributed by atoms with Gasteiger partial charge in [-0.2, -0.15) is 0 Å². The summed E-state index contributed by atoms with van der Waals surface area (Å²) in [5.41, 5.74) is 2.15. The summed E-state index contributed by atoms with van der Waals surface area (Å²) < 4.78 is 6.69. The summed E-state index contributed by atoms with van der Waals surface area (Å²) in [6.45, 7) is 4.45. The zero-order valence-corrected chi connectivity index (χ0v) is 16.2. The van der Waals surface area contributed by atoms with E-state index in [1.165, 1.54) is 0 Å². The van der Waals surface area contributed by atoms with Gasteiger partial charge in [-0.15, -0.1) is 0 Å². The molecule has 0 aliphatic heterocycles. The van der Waals surface area contributed by atoms with Crippen molar-refractivity contribution in [1.29, 1.82) is 0 Å². The van der Waals surface area contributed by atoms with Gasteiger partial charge in [-0.05, 0) is 37.6 Å². The van der Waals surface area contributed by atoms with Gasteiger partial charge in [0.25, 0.3) is 5.56 Å².